The third-order valence-electron chi connectivity index (χ3n) is 2.95. The first kappa shape index (κ1) is 14.0. The zero-order chi connectivity index (χ0) is 13.7. The molecule has 0 aliphatic carbocycles. The SMILES string of the molecule is CCCCCSCc1ccc2oc(C(=O)O)cc2c1. The van der Waals surface area contributed by atoms with E-state index in [-0.39, 0.29) is 5.76 Å². The van der Waals surface area contributed by atoms with Gasteiger partial charge in [0, 0.05) is 11.1 Å². The lowest BCUT2D eigenvalue weighted by molar-refractivity contribution is 0.0665. The highest BCUT2D eigenvalue weighted by Gasteiger charge is 2.10. The number of hydrogen-bond acceptors (Lipinski definition) is 3. The normalized spacial score (nSPS) is 11.0. The van der Waals surface area contributed by atoms with Crippen LogP contribution in [0.4, 0.5) is 0 Å². The largest absolute Gasteiger partial charge is 0.475 e. The summed E-state index contributed by atoms with van der Waals surface area (Å²) in [6.45, 7) is 2.21. The van der Waals surface area contributed by atoms with E-state index >= 15 is 0 Å². The molecule has 0 unspecified atom stereocenters. The molecule has 1 heterocycles. The van der Waals surface area contributed by atoms with E-state index < -0.39 is 5.97 Å². The Hall–Kier alpha value is -1.42. The molecule has 2 rings (SSSR count). The van der Waals surface area contributed by atoms with Crippen molar-refractivity contribution in [1.82, 2.24) is 0 Å². The summed E-state index contributed by atoms with van der Waals surface area (Å²) in [7, 11) is 0. The molecule has 3 nitrogen and oxygen atoms in total. The third-order valence-corrected chi connectivity index (χ3v) is 4.07. The van der Waals surface area contributed by atoms with Crippen molar-refractivity contribution >= 4 is 28.7 Å². The standard InChI is InChI=1S/C15H18O3S/c1-2-3-4-7-19-10-11-5-6-13-12(8-11)9-14(18-13)15(16)17/h5-6,8-9H,2-4,7,10H2,1H3,(H,16,17). The van der Waals surface area contributed by atoms with Gasteiger partial charge in [-0.1, -0.05) is 25.8 Å². The molecule has 19 heavy (non-hydrogen) atoms. The van der Waals surface area contributed by atoms with E-state index in [2.05, 4.69) is 6.92 Å². The number of benzene rings is 1. The molecule has 0 fully saturated rings. The lowest BCUT2D eigenvalue weighted by atomic mass is 10.2. The molecule has 102 valence electrons. The van der Waals surface area contributed by atoms with E-state index in [0.717, 1.165) is 11.1 Å². The number of fused-ring (bicyclic) bond motifs is 1. The lowest BCUT2D eigenvalue weighted by Crippen LogP contribution is -1.91. The smallest absolute Gasteiger partial charge is 0.371 e. The average molecular weight is 278 g/mol. The Balaban J connectivity index is 1.98. The zero-order valence-corrected chi connectivity index (χ0v) is 11.8. The second kappa shape index (κ2) is 6.66. The van der Waals surface area contributed by atoms with Crippen LogP contribution in [0.1, 0.15) is 42.3 Å². The van der Waals surface area contributed by atoms with E-state index in [1.165, 1.54) is 30.6 Å². The summed E-state index contributed by atoms with van der Waals surface area (Å²) >= 11 is 1.92. The van der Waals surface area contributed by atoms with Crippen LogP contribution in [0.25, 0.3) is 11.0 Å². The number of carboxylic acid groups (broad SMARTS) is 1. The van der Waals surface area contributed by atoms with Crippen molar-refractivity contribution in [3.63, 3.8) is 0 Å². The fourth-order valence-corrected chi connectivity index (χ4v) is 2.90. The van der Waals surface area contributed by atoms with Gasteiger partial charge in [-0.25, -0.2) is 4.79 Å². The molecule has 1 aromatic heterocycles. The molecule has 0 aliphatic heterocycles. The molecular weight excluding hydrogens is 260 g/mol. The number of unbranched alkanes of at least 4 members (excludes halogenated alkanes) is 2. The Morgan fingerprint density at radius 3 is 2.89 bits per heavy atom. The number of thioether (sulfide) groups is 1. The van der Waals surface area contributed by atoms with E-state index in [4.69, 9.17) is 9.52 Å². The highest BCUT2D eigenvalue weighted by Crippen LogP contribution is 2.23. The zero-order valence-electron chi connectivity index (χ0n) is 11.0. The van der Waals surface area contributed by atoms with Crippen LogP contribution in [0.2, 0.25) is 0 Å². The second-order valence-electron chi connectivity index (χ2n) is 4.55. The van der Waals surface area contributed by atoms with Crippen molar-refractivity contribution in [2.75, 3.05) is 5.75 Å². The third kappa shape index (κ3) is 3.77. The van der Waals surface area contributed by atoms with Gasteiger partial charge >= 0.3 is 5.97 Å². The second-order valence-corrected chi connectivity index (χ2v) is 5.65. The maximum atomic E-state index is 10.8. The molecular formula is C15H18O3S. The molecule has 0 saturated carbocycles. The van der Waals surface area contributed by atoms with Crippen molar-refractivity contribution in [1.29, 1.82) is 0 Å². The van der Waals surface area contributed by atoms with Crippen LogP contribution in [-0.2, 0) is 5.75 Å². The summed E-state index contributed by atoms with van der Waals surface area (Å²) in [6, 6.07) is 7.45. The van der Waals surface area contributed by atoms with E-state index in [1.54, 1.807) is 6.07 Å². The Bertz CT molecular complexity index is 560. The predicted octanol–water partition coefficient (Wildman–Crippen LogP) is 4.55. The highest BCUT2D eigenvalue weighted by molar-refractivity contribution is 7.98. The van der Waals surface area contributed by atoms with Crippen LogP contribution >= 0.6 is 11.8 Å². The fourth-order valence-electron chi connectivity index (χ4n) is 1.93. The number of rotatable bonds is 7. The van der Waals surface area contributed by atoms with E-state index in [1.807, 2.05) is 30.0 Å². The lowest BCUT2D eigenvalue weighted by Gasteiger charge is -2.01. The summed E-state index contributed by atoms with van der Waals surface area (Å²) in [5, 5.41) is 9.75. The van der Waals surface area contributed by atoms with Gasteiger partial charge in [0.25, 0.3) is 0 Å². The van der Waals surface area contributed by atoms with Gasteiger partial charge in [0.05, 0.1) is 0 Å². The molecule has 0 radical (unpaired) electrons. The first-order valence-corrected chi connectivity index (χ1v) is 7.69. The van der Waals surface area contributed by atoms with Gasteiger partial charge in [-0.2, -0.15) is 11.8 Å². The topological polar surface area (TPSA) is 50.4 Å². The molecule has 0 bridgehead atoms. The van der Waals surface area contributed by atoms with Gasteiger partial charge in [0.2, 0.25) is 5.76 Å². The van der Waals surface area contributed by atoms with Crippen LogP contribution in [-0.4, -0.2) is 16.8 Å². The van der Waals surface area contributed by atoms with Gasteiger partial charge in [0.15, 0.2) is 0 Å². The first-order chi connectivity index (χ1) is 9.20. The van der Waals surface area contributed by atoms with Gasteiger partial charge in [-0.05, 0) is 35.9 Å². The van der Waals surface area contributed by atoms with Crippen LogP contribution < -0.4 is 0 Å². The van der Waals surface area contributed by atoms with Crippen molar-refractivity contribution in [2.45, 2.75) is 31.9 Å². The van der Waals surface area contributed by atoms with Gasteiger partial charge in [0.1, 0.15) is 5.58 Å². The maximum Gasteiger partial charge on any atom is 0.371 e. The van der Waals surface area contributed by atoms with Crippen LogP contribution in [0.3, 0.4) is 0 Å². The van der Waals surface area contributed by atoms with Crippen molar-refractivity contribution in [3.05, 3.63) is 35.6 Å². The average Bonchev–Trinajstić information content (AvgIpc) is 2.82. The summed E-state index contributed by atoms with van der Waals surface area (Å²) < 4.78 is 5.24. The van der Waals surface area contributed by atoms with Crippen LogP contribution in [0, 0.1) is 0 Å². The first-order valence-electron chi connectivity index (χ1n) is 6.54. The Kier molecular flexibility index (Phi) is 4.91. The number of furan rings is 1. The summed E-state index contributed by atoms with van der Waals surface area (Å²) in [6.07, 6.45) is 3.80. The Morgan fingerprint density at radius 1 is 1.32 bits per heavy atom. The highest BCUT2D eigenvalue weighted by atomic mass is 32.2. The number of carboxylic acids is 1. The molecule has 0 spiro atoms. The monoisotopic (exact) mass is 278 g/mol. The van der Waals surface area contributed by atoms with Crippen molar-refractivity contribution in [3.8, 4) is 0 Å². The van der Waals surface area contributed by atoms with Gasteiger partial charge in [-0.3, -0.25) is 0 Å². The molecule has 0 aliphatic rings. The summed E-state index contributed by atoms with van der Waals surface area (Å²) in [5.74, 6) is 1.12. The fraction of sp³-hybridized carbons (Fsp3) is 0.400. The number of aromatic carboxylic acids is 1. The number of carbonyl (C=O) groups is 1. The van der Waals surface area contributed by atoms with Crippen LogP contribution in [0.5, 0.6) is 0 Å². The quantitative estimate of drug-likeness (QED) is 0.755. The van der Waals surface area contributed by atoms with Crippen LogP contribution in [0.15, 0.2) is 28.7 Å². The predicted molar refractivity (Wildman–Crippen MR) is 78.9 cm³/mol. The Morgan fingerprint density at radius 2 is 2.16 bits per heavy atom. The molecule has 4 heteroatoms. The molecule has 0 saturated heterocycles. The maximum absolute atomic E-state index is 10.8. The minimum atomic E-state index is -1.02. The summed E-state index contributed by atoms with van der Waals surface area (Å²) in [5.41, 5.74) is 1.85. The molecule has 0 atom stereocenters. The summed E-state index contributed by atoms with van der Waals surface area (Å²) in [4.78, 5) is 10.8. The molecule has 2 aromatic rings. The van der Waals surface area contributed by atoms with E-state index in [9.17, 15) is 4.79 Å². The molecule has 1 N–H and O–H groups in total. The van der Waals surface area contributed by atoms with Gasteiger partial charge < -0.3 is 9.52 Å². The Labute approximate surface area is 117 Å². The minimum Gasteiger partial charge on any atom is -0.475 e. The minimum absolute atomic E-state index is 0.00255. The molecule has 0 amide bonds. The van der Waals surface area contributed by atoms with Crippen molar-refractivity contribution < 1.29 is 14.3 Å². The number of hydrogen-bond donors (Lipinski definition) is 1. The van der Waals surface area contributed by atoms with E-state index in [0.29, 0.717) is 5.58 Å². The molecule has 1 aromatic carbocycles. The van der Waals surface area contributed by atoms with Crippen molar-refractivity contribution in [2.24, 2.45) is 0 Å². The van der Waals surface area contributed by atoms with Gasteiger partial charge in [-0.15, -0.1) is 0 Å².